The second kappa shape index (κ2) is 7.29. The zero-order valence-electron chi connectivity index (χ0n) is 12.4. The Morgan fingerprint density at radius 1 is 1.30 bits per heavy atom. The zero-order valence-corrected chi connectivity index (χ0v) is 12.4. The number of likely N-dealkylation sites (tertiary alicyclic amines) is 1. The molecule has 4 nitrogen and oxygen atoms in total. The van der Waals surface area contributed by atoms with E-state index < -0.39 is 0 Å². The Labute approximate surface area is 121 Å². The molecule has 0 radical (unpaired) electrons. The Hall–Kier alpha value is -1.55. The van der Waals surface area contributed by atoms with E-state index in [0.29, 0.717) is 6.42 Å². The van der Waals surface area contributed by atoms with Crippen molar-refractivity contribution >= 4 is 11.6 Å². The number of anilines is 1. The molecule has 110 valence electrons. The molecule has 1 heterocycles. The Kier molecular flexibility index (Phi) is 5.41. The summed E-state index contributed by atoms with van der Waals surface area (Å²) in [4.78, 5) is 14.4. The molecule has 1 aliphatic heterocycles. The van der Waals surface area contributed by atoms with Crippen LogP contribution in [-0.4, -0.2) is 36.5 Å². The first kappa shape index (κ1) is 14.9. The number of benzene rings is 1. The maximum absolute atomic E-state index is 12.0. The zero-order chi connectivity index (χ0) is 14.4. The first-order chi connectivity index (χ1) is 9.65. The molecule has 1 N–H and O–H groups in total. The summed E-state index contributed by atoms with van der Waals surface area (Å²) in [5, 5.41) is 2.95. The van der Waals surface area contributed by atoms with Gasteiger partial charge in [0.1, 0.15) is 5.75 Å². The van der Waals surface area contributed by atoms with Gasteiger partial charge in [0.15, 0.2) is 0 Å². The van der Waals surface area contributed by atoms with E-state index >= 15 is 0 Å². The Bertz CT molecular complexity index is 440. The van der Waals surface area contributed by atoms with E-state index in [1.54, 1.807) is 0 Å². The lowest BCUT2D eigenvalue weighted by Crippen LogP contribution is -2.25. The van der Waals surface area contributed by atoms with Crippen LogP contribution in [0.5, 0.6) is 5.75 Å². The SMILES string of the molecule is CC(C)Oc1ccccc1NC(=O)CCN1CCCC1. The molecule has 1 fully saturated rings. The van der Waals surface area contributed by atoms with Crippen LogP contribution in [0.2, 0.25) is 0 Å². The highest BCUT2D eigenvalue weighted by molar-refractivity contribution is 5.92. The number of para-hydroxylation sites is 2. The lowest BCUT2D eigenvalue weighted by Gasteiger charge is -2.16. The molecule has 4 heteroatoms. The van der Waals surface area contributed by atoms with Crippen LogP contribution in [0.4, 0.5) is 5.69 Å². The third kappa shape index (κ3) is 4.53. The summed E-state index contributed by atoms with van der Waals surface area (Å²) in [6.45, 7) is 7.05. The maximum atomic E-state index is 12.0. The van der Waals surface area contributed by atoms with Gasteiger partial charge in [-0.25, -0.2) is 0 Å². The van der Waals surface area contributed by atoms with Crippen molar-refractivity contribution in [2.24, 2.45) is 0 Å². The van der Waals surface area contributed by atoms with Crippen LogP contribution < -0.4 is 10.1 Å². The minimum atomic E-state index is 0.0525. The number of hydrogen-bond acceptors (Lipinski definition) is 3. The van der Waals surface area contributed by atoms with Gasteiger partial charge in [-0.3, -0.25) is 4.79 Å². The normalized spacial score (nSPS) is 15.6. The summed E-state index contributed by atoms with van der Waals surface area (Å²) >= 11 is 0. The number of rotatable bonds is 6. The Balaban J connectivity index is 1.86. The number of hydrogen-bond donors (Lipinski definition) is 1. The van der Waals surface area contributed by atoms with E-state index in [2.05, 4.69) is 10.2 Å². The van der Waals surface area contributed by atoms with Gasteiger partial charge in [0, 0.05) is 13.0 Å². The number of amides is 1. The van der Waals surface area contributed by atoms with Crippen LogP contribution in [0.25, 0.3) is 0 Å². The number of carbonyl (C=O) groups excluding carboxylic acids is 1. The average molecular weight is 276 g/mol. The fraction of sp³-hybridized carbons (Fsp3) is 0.562. The summed E-state index contributed by atoms with van der Waals surface area (Å²) in [5.41, 5.74) is 0.757. The summed E-state index contributed by atoms with van der Waals surface area (Å²) in [7, 11) is 0. The van der Waals surface area contributed by atoms with E-state index in [1.165, 1.54) is 12.8 Å². The van der Waals surface area contributed by atoms with Crippen molar-refractivity contribution in [3.05, 3.63) is 24.3 Å². The van der Waals surface area contributed by atoms with Gasteiger partial charge in [0.05, 0.1) is 11.8 Å². The highest BCUT2D eigenvalue weighted by atomic mass is 16.5. The Morgan fingerprint density at radius 2 is 2.00 bits per heavy atom. The number of nitrogens with zero attached hydrogens (tertiary/aromatic N) is 1. The van der Waals surface area contributed by atoms with Gasteiger partial charge in [-0.05, 0) is 51.9 Å². The third-order valence-corrected chi connectivity index (χ3v) is 3.38. The van der Waals surface area contributed by atoms with Crippen molar-refractivity contribution < 1.29 is 9.53 Å². The molecule has 1 aliphatic rings. The van der Waals surface area contributed by atoms with Gasteiger partial charge in [-0.15, -0.1) is 0 Å². The van der Waals surface area contributed by atoms with Crippen molar-refractivity contribution in [1.29, 1.82) is 0 Å². The fourth-order valence-electron chi connectivity index (χ4n) is 2.41. The molecule has 0 bridgehead atoms. The van der Waals surface area contributed by atoms with E-state index in [1.807, 2.05) is 38.1 Å². The highest BCUT2D eigenvalue weighted by Crippen LogP contribution is 2.25. The van der Waals surface area contributed by atoms with Gasteiger partial charge in [-0.2, -0.15) is 0 Å². The van der Waals surface area contributed by atoms with Crippen molar-refractivity contribution in [3.8, 4) is 5.75 Å². The first-order valence-electron chi connectivity index (χ1n) is 7.43. The smallest absolute Gasteiger partial charge is 0.225 e. The minimum Gasteiger partial charge on any atom is -0.489 e. The van der Waals surface area contributed by atoms with E-state index in [0.717, 1.165) is 31.1 Å². The summed E-state index contributed by atoms with van der Waals surface area (Å²) in [6, 6.07) is 7.59. The molecular weight excluding hydrogens is 252 g/mol. The average Bonchev–Trinajstić information content (AvgIpc) is 2.91. The molecule has 20 heavy (non-hydrogen) atoms. The second-order valence-corrected chi connectivity index (χ2v) is 5.51. The van der Waals surface area contributed by atoms with Crippen molar-refractivity contribution in [2.75, 3.05) is 25.0 Å². The summed E-state index contributed by atoms with van der Waals surface area (Å²) < 4.78 is 5.70. The summed E-state index contributed by atoms with van der Waals surface area (Å²) in [6.07, 6.45) is 3.15. The third-order valence-electron chi connectivity index (χ3n) is 3.38. The molecule has 1 aromatic rings. The molecular formula is C16H24N2O2. The van der Waals surface area contributed by atoms with Crippen LogP contribution in [0.3, 0.4) is 0 Å². The van der Waals surface area contributed by atoms with Gasteiger partial charge in [0.2, 0.25) is 5.91 Å². The standard InChI is InChI=1S/C16H24N2O2/c1-13(2)20-15-8-4-3-7-14(15)17-16(19)9-12-18-10-5-6-11-18/h3-4,7-8,13H,5-6,9-12H2,1-2H3,(H,17,19). The van der Waals surface area contributed by atoms with Crippen LogP contribution in [-0.2, 0) is 4.79 Å². The van der Waals surface area contributed by atoms with E-state index in [4.69, 9.17) is 4.74 Å². The molecule has 0 unspecified atom stereocenters. The molecule has 1 aromatic carbocycles. The van der Waals surface area contributed by atoms with E-state index in [-0.39, 0.29) is 12.0 Å². The number of carbonyl (C=O) groups is 1. The first-order valence-corrected chi connectivity index (χ1v) is 7.43. The molecule has 0 saturated carbocycles. The fourth-order valence-corrected chi connectivity index (χ4v) is 2.41. The molecule has 2 rings (SSSR count). The molecule has 0 aromatic heterocycles. The van der Waals surface area contributed by atoms with Crippen molar-refractivity contribution in [2.45, 2.75) is 39.2 Å². The monoisotopic (exact) mass is 276 g/mol. The summed E-state index contributed by atoms with van der Waals surface area (Å²) in [5.74, 6) is 0.786. The lowest BCUT2D eigenvalue weighted by atomic mass is 10.2. The lowest BCUT2D eigenvalue weighted by molar-refractivity contribution is -0.116. The Morgan fingerprint density at radius 3 is 2.70 bits per heavy atom. The second-order valence-electron chi connectivity index (χ2n) is 5.51. The number of ether oxygens (including phenoxy) is 1. The predicted molar refractivity (Wildman–Crippen MR) is 81.1 cm³/mol. The maximum Gasteiger partial charge on any atom is 0.225 e. The van der Waals surface area contributed by atoms with Crippen LogP contribution >= 0.6 is 0 Å². The van der Waals surface area contributed by atoms with Crippen LogP contribution in [0.1, 0.15) is 33.1 Å². The molecule has 1 saturated heterocycles. The highest BCUT2D eigenvalue weighted by Gasteiger charge is 2.14. The van der Waals surface area contributed by atoms with E-state index in [9.17, 15) is 4.79 Å². The van der Waals surface area contributed by atoms with Crippen molar-refractivity contribution in [1.82, 2.24) is 4.90 Å². The van der Waals surface area contributed by atoms with Crippen molar-refractivity contribution in [3.63, 3.8) is 0 Å². The van der Waals surface area contributed by atoms with Gasteiger partial charge >= 0.3 is 0 Å². The molecule has 0 atom stereocenters. The van der Waals surface area contributed by atoms with Gasteiger partial charge in [-0.1, -0.05) is 12.1 Å². The predicted octanol–water partition coefficient (Wildman–Crippen LogP) is 2.90. The van der Waals surface area contributed by atoms with Gasteiger partial charge < -0.3 is 15.0 Å². The minimum absolute atomic E-state index is 0.0525. The van der Waals surface area contributed by atoms with Crippen LogP contribution in [0.15, 0.2) is 24.3 Å². The number of nitrogens with one attached hydrogen (secondary N) is 1. The molecule has 0 aliphatic carbocycles. The molecule has 1 amide bonds. The van der Waals surface area contributed by atoms with Crippen LogP contribution in [0, 0.1) is 0 Å². The topological polar surface area (TPSA) is 41.6 Å². The largest absolute Gasteiger partial charge is 0.489 e. The molecule has 0 spiro atoms. The quantitative estimate of drug-likeness (QED) is 0.868. The van der Waals surface area contributed by atoms with Gasteiger partial charge in [0.25, 0.3) is 0 Å².